The SMILES string of the molecule is CSCCC(C)NC(C)c1ccccc1F. The highest BCUT2D eigenvalue weighted by molar-refractivity contribution is 7.98. The van der Waals surface area contributed by atoms with Crippen LogP contribution in [0.2, 0.25) is 0 Å². The molecule has 0 heterocycles. The van der Waals surface area contributed by atoms with Crippen LogP contribution in [0.3, 0.4) is 0 Å². The van der Waals surface area contributed by atoms with Crippen molar-refractivity contribution in [2.45, 2.75) is 32.4 Å². The molecule has 0 aliphatic heterocycles. The first-order valence-corrected chi connectivity index (χ1v) is 7.04. The molecule has 2 atom stereocenters. The molecule has 3 heteroatoms. The van der Waals surface area contributed by atoms with Gasteiger partial charge in [0, 0.05) is 17.6 Å². The molecular formula is C13H20FNS. The van der Waals surface area contributed by atoms with Crippen molar-refractivity contribution < 1.29 is 4.39 Å². The van der Waals surface area contributed by atoms with Crippen LogP contribution in [0.4, 0.5) is 4.39 Å². The maximum absolute atomic E-state index is 13.5. The van der Waals surface area contributed by atoms with Crippen LogP contribution in [0.5, 0.6) is 0 Å². The zero-order chi connectivity index (χ0) is 12.0. The minimum atomic E-state index is -0.125. The summed E-state index contributed by atoms with van der Waals surface area (Å²) in [5.74, 6) is 1.01. The summed E-state index contributed by atoms with van der Waals surface area (Å²) in [5, 5.41) is 3.42. The van der Waals surface area contributed by atoms with E-state index in [2.05, 4.69) is 18.5 Å². The van der Waals surface area contributed by atoms with E-state index >= 15 is 0 Å². The van der Waals surface area contributed by atoms with E-state index in [4.69, 9.17) is 0 Å². The number of nitrogens with one attached hydrogen (secondary N) is 1. The Morgan fingerprint density at radius 1 is 1.31 bits per heavy atom. The predicted molar refractivity (Wildman–Crippen MR) is 70.4 cm³/mol. The van der Waals surface area contributed by atoms with Crippen LogP contribution in [0.15, 0.2) is 24.3 Å². The third-order valence-corrected chi connectivity index (χ3v) is 3.31. The van der Waals surface area contributed by atoms with Gasteiger partial charge in [-0.05, 0) is 38.3 Å². The average Bonchev–Trinajstić information content (AvgIpc) is 2.26. The van der Waals surface area contributed by atoms with Crippen LogP contribution < -0.4 is 5.32 Å². The normalized spacial score (nSPS) is 14.8. The fourth-order valence-electron chi connectivity index (χ4n) is 1.72. The lowest BCUT2D eigenvalue weighted by Gasteiger charge is -2.20. The molecule has 0 fully saturated rings. The highest BCUT2D eigenvalue weighted by Gasteiger charge is 2.12. The Kier molecular flexibility index (Phi) is 5.85. The third-order valence-electron chi connectivity index (χ3n) is 2.66. The van der Waals surface area contributed by atoms with E-state index in [1.807, 2.05) is 30.8 Å². The van der Waals surface area contributed by atoms with Gasteiger partial charge in [0.2, 0.25) is 0 Å². The lowest BCUT2D eigenvalue weighted by molar-refractivity contribution is 0.456. The van der Waals surface area contributed by atoms with Gasteiger partial charge in [0.25, 0.3) is 0 Å². The van der Waals surface area contributed by atoms with Gasteiger partial charge in [0.1, 0.15) is 5.82 Å². The van der Waals surface area contributed by atoms with Gasteiger partial charge < -0.3 is 5.32 Å². The van der Waals surface area contributed by atoms with Gasteiger partial charge in [0.05, 0.1) is 0 Å². The van der Waals surface area contributed by atoms with Gasteiger partial charge >= 0.3 is 0 Å². The molecule has 1 nitrogen and oxygen atoms in total. The van der Waals surface area contributed by atoms with Crippen LogP contribution in [0.25, 0.3) is 0 Å². The molecule has 0 saturated heterocycles. The van der Waals surface area contributed by atoms with Gasteiger partial charge in [-0.15, -0.1) is 0 Å². The van der Waals surface area contributed by atoms with E-state index in [1.54, 1.807) is 6.07 Å². The van der Waals surface area contributed by atoms with Crippen molar-refractivity contribution in [2.24, 2.45) is 0 Å². The summed E-state index contributed by atoms with van der Waals surface area (Å²) < 4.78 is 13.5. The van der Waals surface area contributed by atoms with Gasteiger partial charge in [-0.25, -0.2) is 4.39 Å². The first-order chi connectivity index (χ1) is 7.65. The molecule has 1 aromatic carbocycles. The summed E-state index contributed by atoms with van der Waals surface area (Å²) in [5.41, 5.74) is 0.749. The molecule has 2 unspecified atom stereocenters. The van der Waals surface area contributed by atoms with Gasteiger partial charge in [-0.2, -0.15) is 11.8 Å². The molecule has 1 aromatic rings. The van der Waals surface area contributed by atoms with E-state index in [-0.39, 0.29) is 11.9 Å². The Bertz CT molecular complexity index is 317. The molecule has 0 spiro atoms. The Morgan fingerprint density at radius 3 is 2.62 bits per heavy atom. The van der Waals surface area contributed by atoms with Crippen molar-refractivity contribution in [3.05, 3.63) is 35.6 Å². The number of hydrogen-bond donors (Lipinski definition) is 1. The molecule has 0 amide bonds. The van der Waals surface area contributed by atoms with Crippen LogP contribution in [-0.4, -0.2) is 18.1 Å². The lowest BCUT2D eigenvalue weighted by atomic mass is 10.1. The van der Waals surface area contributed by atoms with E-state index in [0.29, 0.717) is 6.04 Å². The number of rotatable bonds is 6. The summed E-state index contributed by atoms with van der Waals surface area (Å²) in [7, 11) is 0. The Hall–Kier alpha value is -0.540. The quantitative estimate of drug-likeness (QED) is 0.816. The summed E-state index contributed by atoms with van der Waals surface area (Å²) in [4.78, 5) is 0. The van der Waals surface area contributed by atoms with Crippen LogP contribution >= 0.6 is 11.8 Å². The summed E-state index contributed by atoms with van der Waals surface area (Å²) in [6.45, 7) is 4.15. The minimum absolute atomic E-state index is 0.0676. The fraction of sp³-hybridized carbons (Fsp3) is 0.538. The monoisotopic (exact) mass is 241 g/mol. The smallest absolute Gasteiger partial charge is 0.127 e. The average molecular weight is 241 g/mol. The Balaban J connectivity index is 2.52. The number of benzene rings is 1. The second kappa shape index (κ2) is 6.92. The number of halogens is 1. The fourth-order valence-corrected chi connectivity index (χ4v) is 2.31. The molecule has 1 N–H and O–H groups in total. The molecule has 1 rings (SSSR count). The summed E-state index contributed by atoms with van der Waals surface area (Å²) in [6, 6.07) is 7.44. The minimum Gasteiger partial charge on any atom is -0.308 e. The molecule has 0 saturated carbocycles. The first-order valence-electron chi connectivity index (χ1n) is 5.64. The first kappa shape index (κ1) is 13.5. The van der Waals surface area contributed by atoms with E-state index in [1.165, 1.54) is 6.07 Å². The molecule has 0 radical (unpaired) electrons. The predicted octanol–water partition coefficient (Wildman–Crippen LogP) is 3.62. The second-order valence-electron chi connectivity index (χ2n) is 4.09. The molecular weight excluding hydrogens is 221 g/mol. The van der Waals surface area contributed by atoms with Crippen molar-refractivity contribution in [1.29, 1.82) is 0 Å². The molecule has 0 aliphatic carbocycles. The van der Waals surface area contributed by atoms with Crippen molar-refractivity contribution in [3.63, 3.8) is 0 Å². The van der Waals surface area contributed by atoms with Gasteiger partial charge in [0.15, 0.2) is 0 Å². The van der Waals surface area contributed by atoms with E-state index in [0.717, 1.165) is 17.7 Å². The highest BCUT2D eigenvalue weighted by atomic mass is 32.2. The van der Waals surface area contributed by atoms with Gasteiger partial charge in [-0.3, -0.25) is 0 Å². The summed E-state index contributed by atoms with van der Waals surface area (Å²) >= 11 is 1.84. The molecule has 90 valence electrons. The van der Waals surface area contributed by atoms with Crippen molar-refractivity contribution in [1.82, 2.24) is 5.32 Å². The maximum Gasteiger partial charge on any atom is 0.127 e. The second-order valence-corrected chi connectivity index (χ2v) is 5.08. The summed E-state index contributed by atoms with van der Waals surface area (Å²) in [6.07, 6.45) is 3.22. The van der Waals surface area contributed by atoms with Crippen LogP contribution in [0, 0.1) is 5.82 Å². The van der Waals surface area contributed by atoms with Crippen molar-refractivity contribution in [2.75, 3.05) is 12.0 Å². The standard InChI is InChI=1S/C13H20FNS/c1-10(8-9-16-3)15-11(2)12-6-4-5-7-13(12)14/h4-7,10-11,15H,8-9H2,1-3H3. The third kappa shape index (κ3) is 4.14. The Labute approximate surface area is 102 Å². The van der Waals surface area contributed by atoms with Crippen molar-refractivity contribution in [3.8, 4) is 0 Å². The highest BCUT2D eigenvalue weighted by Crippen LogP contribution is 2.17. The van der Waals surface area contributed by atoms with Crippen LogP contribution in [0.1, 0.15) is 31.9 Å². The Morgan fingerprint density at radius 2 is 2.00 bits per heavy atom. The van der Waals surface area contributed by atoms with Crippen LogP contribution in [-0.2, 0) is 0 Å². The molecule has 0 bridgehead atoms. The molecule has 0 aromatic heterocycles. The zero-order valence-electron chi connectivity index (χ0n) is 10.2. The van der Waals surface area contributed by atoms with Crippen molar-refractivity contribution >= 4 is 11.8 Å². The largest absolute Gasteiger partial charge is 0.308 e. The maximum atomic E-state index is 13.5. The van der Waals surface area contributed by atoms with E-state index in [9.17, 15) is 4.39 Å². The van der Waals surface area contributed by atoms with E-state index < -0.39 is 0 Å². The molecule has 0 aliphatic rings. The lowest BCUT2D eigenvalue weighted by Crippen LogP contribution is -2.29. The number of hydrogen-bond acceptors (Lipinski definition) is 2. The zero-order valence-corrected chi connectivity index (χ0v) is 11.0. The van der Waals surface area contributed by atoms with Gasteiger partial charge in [-0.1, -0.05) is 18.2 Å². The molecule has 16 heavy (non-hydrogen) atoms. The topological polar surface area (TPSA) is 12.0 Å². The number of thioether (sulfide) groups is 1.